The van der Waals surface area contributed by atoms with Gasteiger partial charge in [0.2, 0.25) is 0 Å². The van der Waals surface area contributed by atoms with Gasteiger partial charge in [0.25, 0.3) is 11.8 Å². The van der Waals surface area contributed by atoms with Gasteiger partial charge in [0.15, 0.2) is 0 Å². The number of carbonyl (C=O) groups is 2. The van der Waals surface area contributed by atoms with Crippen molar-refractivity contribution in [3.05, 3.63) is 71.8 Å². The van der Waals surface area contributed by atoms with Crippen LogP contribution in [0.2, 0.25) is 0 Å². The summed E-state index contributed by atoms with van der Waals surface area (Å²) in [5.41, 5.74) is 1.00. The number of benzene rings is 2. The van der Waals surface area contributed by atoms with Crippen molar-refractivity contribution in [2.45, 2.75) is 0 Å². The number of imide groups is 1. The van der Waals surface area contributed by atoms with Crippen molar-refractivity contribution in [1.29, 1.82) is 0 Å². The number of aromatic nitrogens is 1. The minimum atomic E-state index is -0.204. The molecule has 0 unspecified atom stereocenters. The zero-order valence-corrected chi connectivity index (χ0v) is 17.3. The molecule has 30 heavy (non-hydrogen) atoms. The molecule has 7 heteroatoms. The highest BCUT2D eigenvalue weighted by Gasteiger charge is 2.34. The number of nitrogens with zero attached hydrogens (tertiary/aromatic N) is 4. The van der Waals surface area contributed by atoms with E-state index in [1.807, 2.05) is 6.08 Å². The van der Waals surface area contributed by atoms with E-state index in [4.69, 9.17) is 0 Å². The van der Waals surface area contributed by atoms with Crippen LogP contribution in [-0.4, -0.2) is 65.3 Å². The molecule has 152 valence electrons. The zero-order chi connectivity index (χ0) is 20.5. The first-order chi connectivity index (χ1) is 14.7. The van der Waals surface area contributed by atoms with Crippen molar-refractivity contribution in [3.63, 3.8) is 0 Å². The van der Waals surface area contributed by atoms with Gasteiger partial charge in [-0.05, 0) is 35.8 Å². The highest BCUT2D eigenvalue weighted by Crippen LogP contribution is 2.29. The molecule has 2 amide bonds. The van der Waals surface area contributed by atoms with Crippen LogP contribution in [0.15, 0.2) is 60.7 Å². The number of hydrogen-bond donors (Lipinski definition) is 0. The average Bonchev–Trinajstić information content (AvgIpc) is 3.32. The number of piperazine rings is 1. The molecule has 3 aromatic rings. The van der Waals surface area contributed by atoms with E-state index in [0.717, 1.165) is 38.5 Å². The number of anilines is 1. The molecule has 1 aromatic heterocycles. The molecule has 6 nitrogen and oxygen atoms in total. The van der Waals surface area contributed by atoms with Crippen molar-refractivity contribution in [1.82, 2.24) is 14.2 Å². The van der Waals surface area contributed by atoms with E-state index in [1.165, 1.54) is 15.0 Å². The molecule has 0 N–H and O–H groups in total. The van der Waals surface area contributed by atoms with Crippen LogP contribution in [0.4, 0.5) is 5.82 Å². The van der Waals surface area contributed by atoms with Crippen LogP contribution in [0.25, 0.3) is 10.1 Å². The second kappa shape index (κ2) is 8.01. The van der Waals surface area contributed by atoms with Crippen LogP contribution >= 0.6 is 11.5 Å². The average molecular weight is 419 g/mol. The molecule has 1 fully saturated rings. The summed E-state index contributed by atoms with van der Waals surface area (Å²) in [5, 5.41) is 1.23. The van der Waals surface area contributed by atoms with Gasteiger partial charge in [-0.25, -0.2) is 0 Å². The van der Waals surface area contributed by atoms with E-state index in [2.05, 4.69) is 44.5 Å². The Hall–Kier alpha value is -3.03. The molecule has 0 radical (unpaired) electrons. The Morgan fingerprint density at radius 3 is 2.20 bits per heavy atom. The quantitative estimate of drug-likeness (QED) is 0.470. The van der Waals surface area contributed by atoms with Crippen LogP contribution < -0.4 is 4.90 Å². The number of carbonyl (C=O) groups excluding carboxylic acids is 2. The summed E-state index contributed by atoms with van der Waals surface area (Å²) >= 11 is 1.56. The van der Waals surface area contributed by atoms with Gasteiger partial charge >= 0.3 is 0 Å². The van der Waals surface area contributed by atoms with Crippen LogP contribution in [0, 0.1) is 0 Å². The molecule has 5 rings (SSSR count). The third-order valence-corrected chi connectivity index (χ3v) is 6.54. The summed E-state index contributed by atoms with van der Waals surface area (Å²) in [7, 11) is 0. The highest BCUT2D eigenvalue weighted by molar-refractivity contribution is 7.13. The molecule has 2 aliphatic heterocycles. The van der Waals surface area contributed by atoms with Crippen LogP contribution in [0.5, 0.6) is 0 Å². The number of hydrogen-bond acceptors (Lipinski definition) is 6. The summed E-state index contributed by atoms with van der Waals surface area (Å²) in [6, 6.07) is 15.4. The SMILES string of the molecule is O=C1c2ccccc2C(=O)N1C/C=C\CN1CCN(c2nsc3ccccc23)CC1. The molecular formula is C23H22N4O2S. The molecule has 0 aliphatic carbocycles. The highest BCUT2D eigenvalue weighted by atomic mass is 32.1. The van der Waals surface area contributed by atoms with Gasteiger partial charge < -0.3 is 4.90 Å². The lowest BCUT2D eigenvalue weighted by Gasteiger charge is -2.34. The predicted octanol–water partition coefficient (Wildman–Crippen LogP) is 3.27. The lowest BCUT2D eigenvalue weighted by Crippen LogP contribution is -2.46. The van der Waals surface area contributed by atoms with Crippen molar-refractivity contribution >= 4 is 39.3 Å². The van der Waals surface area contributed by atoms with E-state index in [1.54, 1.807) is 35.8 Å². The van der Waals surface area contributed by atoms with E-state index in [-0.39, 0.29) is 11.8 Å². The first-order valence-electron chi connectivity index (χ1n) is 10.1. The Labute approximate surface area is 179 Å². The first-order valence-corrected chi connectivity index (χ1v) is 10.9. The molecule has 3 heterocycles. The third kappa shape index (κ3) is 3.40. The maximum Gasteiger partial charge on any atom is 0.261 e. The summed E-state index contributed by atoms with van der Waals surface area (Å²) in [6.07, 6.45) is 3.97. The van der Waals surface area contributed by atoms with Gasteiger partial charge in [-0.2, -0.15) is 4.37 Å². The van der Waals surface area contributed by atoms with Gasteiger partial charge in [0, 0.05) is 44.7 Å². The number of amides is 2. The predicted molar refractivity (Wildman–Crippen MR) is 119 cm³/mol. The molecule has 2 aromatic carbocycles. The Bertz CT molecular complexity index is 1100. The zero-order valence-electron chi connectivity index (χ0n) is 16.5. The fourth-order valence-electron chi connectivity index (χ4n) is 4.05. The number of rotatable bonds is 5. The molecule has 2 aliphatic rings. The van der Waals surface area contributed by atoms with E-state index >= 15 is 0 Å². The van der Waals surface area contributed by atoms with Crippen molar-refractivity contribution in [2.75, 3.05) is 44.2 Å². The van der Waals surface area contributed by atoms with E-state index in [9.17, 15) is 9.59 Å². The first kappa shape index (κ1) is 19.0. The molecule has 0 spiro atoms. The lowest BCUT2D eigenvalue weighted by atomic mass is 10.1. The Balaban J connectivity index is 1.13. The summed E-state index contributed by atoms with van der Waals surface area (Å²) in [4.78, 5) is 30.8. The Morgan fingerprint density at radius 1 is 0.833 bits per heavy atom. The third-order valence-electron chi connectivity index (χ3n) is 5.73. The molecule has 1 saturated heterocycles. The van der Waals surface area contributed by atoms with Gasteiger partial charge in [-0.15, -0.1) is 0 Å². The summed E-state index contributed by atoms with van der Waals surface area (Å²) in [5.74, 6) is 0.685. The minimum absolute atomic E-state index is 0.204. The molecule has 0 atom stereocenters. The number of fused-ring (bicyclic) bond motifs is 2. The van der Waals surface area contributed by atoms with Crippen LogP contribution in [0.3, 0.4) is 0 Å². The second-order valence-corrected chi connectivity index (χ2v) is 8.33. The smallest absolute Gasteiger partial charge is 0.261 e. The maximum absolute atomic E-state index is 12.4. The topological polar surface area (TPSA) is 56.8 Å². The molecular weight excluding hydrogens is 396 g/mol. The molecule has 0 saturated carbocycles. The second-order valence-electron chi connectivity index (χ2n) is 7.53. The Kier molecular flexibility index (Phi) is 5.06. The van der Waals surface area contributed by atoms with Gasteiger partial charge in [0.1, 0.15) is 5.82 Å². The standard InChI is InChI=1S/C23H22N4O2S/c28-22-17-7-1-2-8-18(17)23(29)27(22)12-6-5-11-25-13-15-26(16-14-25)21-19-9-3-4-10-20(19)30-24-21/h1-10H,11-16H2/b6-5-. The van der Waals surface area contributed by atoms with Crippen LogP contribution in [0.1, 0.15) is 20.7 Å². The van der Waals surface area contributed by atoms with Gasteiger partial charge in [-0.3, -0.25) is 19.4 Å². The lowest BCUT2D eigenvalue weighted by molar-refractivity contribution is 0.0672. The Morgan fingerprint density at radius 2 is 1.47 bits per heavy atom. The van der Waals surface area contributed by atoms with E-state index in [0.29, 0.717) is 17.7 Å². The fourth-order valence-corrected chi connectivity index (χ4v) is 4.85. The monoisotopic (exact) mass is 418 g/mol. The van der Waals surface area contributed by atoms with E-state index < -0.39 is 0 Å². The fraction of sp³-hybridized carbons (Fsp3) is 0.261. The van der Waals surface area contributed by atoms with Gasteiger partial charge in [0.05, 0.1) is 15.8 Å². The largest absolute Gasteiger partial charge is 0.353 e. The van der Waals surface area contributed by atoms with Gasteiger partial charge in [-0.1, -0.05) is 36.4 Å². The van der Waals surface area contributed by atoms with Crippen LogP contribution in [-0.2, 0) is 0 Å². The van der Waals surface area contributed by atoms with Crippen molar-refractivity contribution < 1.29 is 9.59 Å². The summed E-state index contributed by atoms with van der Waals surface area (Å²) < 4.78 is 5.89. The maximum atomic E-state index is 12.4. The summed E-state index contributed by atoms with van der Waals surface area (Å²) in [6.45, 7) is 4.94. The molecule has 0 bridgehead atoms. The van der Waals surface area contributed by atoms with Crippen molar-refractivity contribution in [2.24, 2.45) is 0 Å². The van der Waals surface area contributed by atoms with Crippen molar-refractivity contribution in [3.8, 4) is 0 Å². The normalized spacial score (nSPS) is 17.5. The minimum Gasteiger partial charge on any atom is -0.353 e.